The van der Waals surface area contributed by atoms with Gasteiger partial charge in [0.2, 0.25) is 5.91 Å². The Morgan fingerprint density at radius 2 is 1.95 bits per heavy atom. The van der Waals surface area contributed by atoms with Gasteiger partial charge < -0.3 is 15.4 Å². The third kappa shape index (κ3) is 5.21. The molecule has 20 heavy (non-hydrogen) atoms. The lowest BCUT2D eigenvalue weighted by Gasteiger charge is -2.19. The predicted molar refractivity (Wildman–Crippen MR) is 81.9 cm³/mol. The molecular formula is C16H26N2O2. The first-order valence-electron chi connectivity index (χ1n) is 7.10. The van der Waals surface area contributed by atoms with Gasteiger partial charge in [0.15, 0.2) is 0 Å². The summed E-state index contributed by atoms with van der Waals surface area (Å²) >= 11 is 0. The van der Waals surface area contributed by atoms with Crippen molar-refractivity contribution in [1.29, 1.82) is 0 Å². The van der Waals surface area contributed by atoms with Crippen LogP contribution in [0.1, 0.15) is 39.3 Å². The fourth-order valence-corrected chi connectivity index (χ4v) is 1.75. The first-order valence-corrected chi connectivity index (χ1v) is 7.10. The smallest absolute Gasteiger partial charge is 0.234 e. The number of rotatable bonds is 7. The summed E-state index contributed by atoms with van der Waals surface area (Å²) in [6, 6.07) is 8.16. The molecule has 4 nitrogen and oxygen atoms in total. The lowest BCUT2D eigenvalue weighted by molar-refractivity contribution is -0.121. The summed E-state index contributed by atoms with van der Waals surface area (Å²) in [6.07, 6.45) is 0. The Balaban J connectivity index is 2.46. The van der Waals surface area contributed by atoms with Crippen LogP contribution < -0.4 is 15.4 Å². The van der Waals surface area contributed by atoms with Crippen molar-refractivity contribution in [2.24, 2.45) is 5.92 Å². The van der Waals surface area contributed by atoms with E-state index in [1.54, 1.807) is 7.11 Å². The molecule has 1 aromatic carbocycles. The number of carbonyl (C=O) groups excluding carboxylic acids is 1. The van der Waals surface area contributed by atoms with Crippen LogP contribution in [0.2, 0.25) is 0 Å². The van der Waals surface area contributed by atoms with E-state index in [2.05, 4.69) is 24.5 Å². The Hall–Kier alpha value is -1.55. The average molecular weight is 278 g/mol. The zero-order valence-corrected chi connectivity index (χ0v) is 13.1. The maximum atomic E-state index is 11.8. The fraction of sp³-hybridized carbons (Fsp3) is 0.562. The molecule has 0 fully saturated rings. The van der Waals surface area contributed by atoms with Crippen LogP contribution in [0.5, 0.6) is 5.75 Å². The lowest BCUT2D eigenvalue weighted by Crippen LogP contribution is -2.41. The van der Waals surface area contributed by atoms with Crippen LogP contribution in [0.4, 0.5) is 0 Å². The summed E-state index contributed by atoms with van der Waals surface area (Å²) < 4.78 is 5.20. The Bertz CT molecular complexity index is 432. The Morgan fingerprint density at radius 3 is 2.55 bits per heavy atom. The quantitative estimate of drug-likeness (QED) is 0.805. The number of ether oxygens (including phenoxy) is 1. The van der Waals surface area contributed by atoms with Gasteiger partial charge in [0.1, 0.15) is 5.75 Å². The summed E-state index contributed by atoms with van der Waals surface area (Å²) in [5.74, 6) is 1.30. The van der Waals surface area contributed by atoms with E-state index in [0.29, 0.717) is 12.5 Å². The third-order valence-electron chi connectivity index (χ3n) is 3.55. The molecule has 4 heteroatoms. The minimum Gasteiger partial charge on any atom is -0.497 e. The summed E-state index contributed by atoms with van der Waals surface area (Å²) in [7, 11) is 1.65. The lowest BCUT2D eigenvalue weighted by atomic mass is 10.1. The monoisotopic (exact) mass is 278 g/mol. The first-order chi connectivity index (χ1) is 9.43. The van der Waals surface area contributed by atoms with Gasteiger partial charge in [0.05, 0.1) is 13.7 Å². The minimum atomic E-state index is 0.0287. The van der Waals surface area contributed by atoms with Crippen molar-refractivity contribution in [3.63, 3.8) is 0 Å². The van der Waals surface area contributed by atoms with Gasteiger partial charge in [0.25, 0.3) is 0 Å². The van der Waals surface area contributed by atoms with Crippen molar-refractivity contribution in [2.75, 3.05) is 13.7 Å². The van der Waals surface area contributed by atoms with E-state index in [-0.39, 0.29) is 18.0 Å². The molecule has 0 aliphatic carbocycles. The molecule has 0 bridgehead atoms. The molecule has 0 aliphatic heterocycles. The molecule has 1 amide bonds. The van der Waals surface area contributed by atoms with E-state index in [0.717, 1.165) is 11.3 Å². The number of nitrogens with one attached hydrogen (secondary N) is 2. The van der Waals surface area contributed by atoms with Gasteiger partial charge in [-0.2, -0.15) is 0 Å². The zero-order chi connectivity index (χ0) is 15.1. The molecule has 2 atom stereocenters. The van der Waals surface area contributed by atoms with Crippen molar-refractivity contribution in [1.82, 2.24) is 10.6 Å². The first kappa shape index (κ1) is 16.5. The summed E-state index contributed by atoms with van der Waals surface area (Å²) in [5.41, 5.74) is 1.11. The zero-order valence-electron chi connectivity index (χ0n) is 13.1. The number of methoxy groups -OCH3 is 1. The molecule has 1 unspecified atom stereocenters. The largest absolute Gasteiger partial charge is 0.497 e. The number of carbonyl (C=O) groups is 1. The van der Waals surface area contributed by atoms with Crippen LogP contribution in [0.15, 0.2) is 24.3 Å². The van der Waals surface area contributed by atoms with Gasteiger partial charge in [-0.1, -0.05) is 26.0 Å². The van der Waals surface area contributed by atoms with Crippen LogP contribution in [0.25, 0.3) is 0 Å². The molecule has 1 aromatic rings. The van der Waals surface area contributed by atoms with Crippen molar-refractivity contribution in [3.05, 3.63) is 29.8 Å². The Morgan fingerprint density at radius 1 is 1.25 bits per heavy atom. The highest BCUT2D eigenvalue weighted by Gasteiger charge is 2.12. The average Bonchev–Trinajstić information content (AvgIpc) is 2.44. The second-order valence-corrected chi connectivity index (χ2v) is 5.48. The number of hydrogen-bond donors (Lipinski definition) is 2. The Kier molecular flexibility index (Phi) is 6.52. The molecule has 0 aliphatic rings. The highest BCUT2D eigenvalue weighted by atomic mass is 16.5. The van der Waals surface area contributed by atoms with Crippen molar-refractivity contribution in [3.8, 4) is 5.75 Å². The summed E-state index contributed by atoms with van der Waals surface area (Å²) in [6.45, 7) is 8.56. The maximum absolute atomic E-state index is 11.8. The molecule has 0 saturated heterocycles. The summed E-state index contributed by atoms with van der Waals surface area (Å²) in [4.78, 5) is 11.8. The van der Waals surface area contributed by atoms with Crippen LogP contribution in [0, 0.1) is 5.92 Å². The van der Waals surface area contributed by atoms with Gasteiger partial charge >= 0.3 is 0 Å². The Labute approximate surface area is 121 Å². The predicted octanol–water partition coefficient (Wildman–Crippen LogP) is 2.51. The standard InChI is InChI=1S/C16H26N2O2/c1-11(2)12(3)18-16(19)10-17-13(4)14-7-6-8-15(9-14)20-5/h6-9,11-13,17H,10H2,1-5H3,(H,18,19)/t12?,13-/m0/s1. The van der Waals surface area contributed by atoms with Gasteiger partial charge in [0, 0.05) is 12.1 Å². The number of hydrogen-bond acceptors (Lipinski definition) is 3. The molecule has 0 heterocycles. The molecule has 0 saturated carbocycles. The SMILES string of the molecule is COc1cccc([C@H](C)NCC(=O)NC(C)C(C)C)c1. The second-order valence-electron chi connectivity index (χ2n) is 5.48. The molecule has 2 N–H and O–H groups in total. The van der Waals surface area contributed by atoms with E-state index in [9.17, 15) is 4.79 Å². The van der Waals surface area contributed by atoms with Crippen LogP contribution >= 0.6 is 0 Å². The highest BCUT2D eigenvalue weighted by Crippen LogP contribution is 2.18. The van der Waals surface area contributed by atoms with Gasteiger partial charge in [-0.05, 0) is 37.5 Å². The third-order valence-corrected chi connectivity index (χ3v) is 3.55. The van der Waals surface area contributed by atoms with E-state index < -0.39 is 0 Å². The molecule has 1 rings (SSSR count). The van der Waals surface area contributed by atoms with E-state index in [1.165, 1.54) is 0 Å². The van der Waals surface area contributed by atoms with Gasteiger partial charge in [-0.3, -0.25) is 4.79 Å². The van der Waals surface area contributed by atoms with Crippen LogP contribution in [-0.2, 0) is 4.79 Å². The molecule has 0 spiro atoms. The van der Waals surface area contributed by atoms with E-state index in [4.69, 9.17) is 4.74 Å². The van der Waals surface area contributed by atoms with Crippen molar-refractivity contribution < 1.29 is 9.53 Å². The normalized spacial score (nSPS) is 13.9. The fourth-order valence-electron chi connectivity index (χ4n) is 1.75. The molecule has 0 radical (unpaired) electrons. The van der Waals surface area contributed by atoms with Crippen molar-refractivity contribution in [2.45, 2.75) is 39.8 Å². The number of amides is 1. The number of benzene rings is 1. The van der Waals surface area contributed by atoms with E-state index in [1.807, 2.05) is 38.1 Å². The highest BCUT2D eigenvalue weighted by molar-refractivity contribution is 5.78. The maximum Gasteiger partial charge on any atom is 0.234 e. The van der Waals surface area contributed by atoms with Gasteiger partial charge in [-0.15, -0.1) is 0 Å². The van der Waals surface area contributed by atoms with Crippen molar-refractivity contribution >= 4 is 5.91 Å². The van der Waals surface area contributed by atoms with Crippen LogP contribution in [-0.4, -0.2) is 25.6 Å². The molecule has 0 aromatic heterocycles. The minimum absolute atomic E-state index is 0.0287. The topological polar surface area (TPSA) is 50.4 Å². The van der Waals surface area contributed by atoms with Gasteiger partial charge in [-0.25, -0.2) is 0 Å². The van der Waals surface area contributed by atoms with E-state index >= 15 is 0 Å². The van der Waals surface area contributed by atoms with Crippen LogP contribution in [0.3, 0.4) is 0 Å². The molecule has 112 valence electrons. The second kappa shape index (κ2) is 7.90. The molecular weight excluding hydrogens is 252 g/mol. The summed E-state index contributed by atoms with van der Waals surface area (Å²) in [5, 5.41) is 6.21.